The molecule has 0 aromatic heterocycles. The van der Waals surface area contributed by atoms with Crippen LogP contribution in [0.3, 0.4) is 0 Å². The number of benzene rings is 1. The van der Waals surface area contributed by atoms with Crippen LogP contribution in [0.1, 0.15) is 10.4 Å². The van der Waals surface area contributed by atoms with Crippen molar-refractivity contribution in [1.29, 1.82) is 0 Å². The van der Waals surface area contributed by atoms with Crippen LogP contribution in [0.5, 0.6) is 0 Å². The average Bonchev–Trinajstić information content (AvgIpc) is 2.30. The van der Waals surface area contributed by atoms with Crippen molar-refractivity contribution in [3.63, 3.8) is 0 Å². The summed E-state index contributed by atoms with van der Waals surface area (Å²) in [7, 11) is 1.34. The second-order valence-electron chi connectivity index (χ2n) is 3.18. The van der Waals surface area contributed by atoms with E-state index in [9.17, 15) is 4.79 Å². The Hall–Kier alpha value is -1.36. The summed E-state index contributed by atoms with van der Waals surface area (Å²) in [6.07, 6.45) is 2.04. The smallest absolute Gasteiger partial charge is 0.340 e. The number of hydrogen-bond donors (Lipinski definition) is 2. The molecule has 3 N–H and O–H groups in total. The van der Waals surface area contributed by atoms with E-state index in [-0.39, 0.29) is 0 Å². The minimum Gasteiger partial charge on any atom is -0.465 e. The van der Waals surface area contributed by atoms with Gasteiger partial charge in [0.1, 0.15) is 0 Å². The van der Waals surface area contributed by atoms with E-state index in [1.165, 1.54) is 7.11 Å². The highest BCUT2D eigenvalue weighted by Crippen LogP contribution is 2.23. The van der Waals surface area contributed by atoms with Crippen molar-refractivity contribution >= 4 is 29.1 Å². The summed E-state index contributed by atoms with van der Waals surface area (Å²) in [5.74, 6) is 0.577. The molecule has 0 fully saturated rings. The fourth-order valence-corrected chi connectivity index (χ4v) is 1.60. The van der Waals surface area contributed by atoms with E-state index in [4.69, 9.17) is 5.73 Å². The van der Waals surface area contributed by atoms with Gasteiger partial charge in [-0.3, -0.25) is 0 Å². The van der Waals surface area contributed by atoms with Crippen LogP contribution in [0.15, 0.2) is 18.2 Å². The Morgan fingerprint density at radius 3 is 2.94 bits per heavy atom. The first-order chi connectivity index (χ1) is 7.70. The SMILES string of the molecule is COC(=O)c1cccc(NCCSC)c1N. The van der Waals surface area contributed by atoms with Gasteiger partial charge >= 0.3 is 5.97 Å². The van der Waals surface area contributed by atoms with Gasteiger partial charge in [0.2, 0.25) is 0 Å². The molecule has 0 aliphatic heterocycles. The molecule has 0 aliphatic rings. The normalized spacial score (nSPS) is 9.88. The number of nitrogens with one attached hydrogen (secondary N) is 1. The molecule has 0 aliphatic carbocycles. The van der Waals surface area contributed by atoms with Crippen molar-refractivity contribution in [2.24, 2.45) is 0 Å². The number of ether oxygens (including phenoxy) is 1. The average molecular weight is 240 g/mol. The summed E-state index contributed by atoms with van der Waals surface area (Å²) in [6.45, 7) is 0.815. The van der Waals surface area contributed by atoms with Gasteiger partial charge in [-0.1, -0.05) is 6.07 Å². The Morgan fingerprint density at radius 1 is 1.56 bits per heavy atom. The van der Waals surface area contributed by atoms with E-state index in [0.717, 1.165) is 18.0 Å². The predicted octanol–water partition coefficient (Wildman–Crippen LogP) is 1.83. The molecule has 88 valence electrons. The molecule has 0 atom stereocenters. The lowest BCUT2D eigenvalue weighted by Crippen LogP contribution is -2.10. The van der Waals surface area contributed by atoms with Crippen molar-refractivity contribution in [1.82, 2.24) is 0 Å². The number of para-hydroxylation sites is 1. The number of carbonyl (C=O) groups excluding carboxylic acids is 1. The first-order valence-electron chi connectivity index (χ1n) is 4.90. The molecular weight excluding hydrogens is 224 g/mol. The molecule has 4 nitrogen and oxygen atoms in total. The number of thioether (sulfide) groups is 1. The van der Waals surface area contributed by atoms with Crippen molar-refractivity contribution < 1.29 is 9.53 Å². The van der Waals surface area contributed by atoms with Crippen LogP contribution in [0.25, 0.3) is 0 Å². The van der Waals surface area contributed by atoms with Gasteiger partial charge in [-0.25, -0.2) is 4.79 Å². The summed E-state index contributed by atoms with van der Waals surface area (Å²) < 4.78 is 4.65. The zero-order valence-electron chi connectivity index (χ0n) is 9.45. The third-order valence-electron chi connectivity index (χ3n) is 2.13. The largest absolute Gasteiger partial charge is 0.465 e. The molecule has 0 radical (unpaired) electrons. The number of nitrogen functional groups attached to an aromatic ring is 1. The lowest BCUT2D eigenvalue weighted by molar-refractivity contribution is 0.0602. The zero-order chi connectivity index (χ0) is 12.0. The van der Waals surface area contributed by atoms with Crippen molar-refractivity contribution in [2.75, 3.05) is 36.7 Å². The number of rotatable bonds is 5. The molecule has 0 saturated carbocycles. The van der Waals surface area contributed by atoms with Gasteiger partial charge in [-0.05, 0) is 18.4 Å². The van der Waals surface area contributed by atoms with Gasteiger partial charge in [0.25, 0.3) is 0 Å². The number of carbonyl (C=O) groups is 1. The van der Waals surface area contributed by atoms with Gasteiger partial charge in [0.15, 0.2) is 0 Å². The molecule has 0 spiro atoms. The van der Waals surface area contributed by atoms with Gasteiger partial charge in [-0.2, -0.15) is 11.8 Å². The van der Waals surface area contributed by atoms with E-state index in [1.54, 1.807) is 23.9 Å². The van der Waals surface area contributed by atoms with Crippen molar-refractivity contribution in [3.8, 4) is 0 Å². The highest BCUT2D eigenvalue weighted by Gasteiger charge is 2.11. The topological polar surface area (TPSA) is 64.3 Å². The fourth-order valence-electron chi connectivity index (χ4n) is 1.30. The second-order valence-corrected chi connectivity index (χ2v) is 4.16. The Bertz CT molecular complexity index is 369. The maximum atomic E-state index is 11.4. The molecule has 0 bridgehead atoms. The number of anilines is 2. The maximum absolute atomic E-state index is 11.4. The summed E-state index contributed by atoms with van der Waals surface area (Å²) in [6, 6.07) is 5.28. The van der Waals surface area contributed by atoms with Crippen molar-refractivity contribution in [3.05, 3.63) is 23.8 Å². The number of nitrogens with two attached hydrogens (primary N) is 1. The molecule has 0 saturated heterocycles. The molecular formula is C11H16N2O2S. The van der Waals surface area contributed by atoms with Gasteiger partial charge in [0, 0.05) is 12.3 Å². The summed E-state index contributed by atoms with van der Waals surface area (Å²) >= 11 is 1.75. The van der Waals surface area contributed by atoms with Crippen LogP contribution in [0.4, 0.5) is 11.4 Å². The lowest BCUT2D eigenvalue weighted by Gasteiger charge is -2.11. The molecule has 1 rings (SSSR count). The quantitative estimate of drug-likeness (QED) is 0.467. The molecule has 0 amide bonds. The number of methoxy groups -OCH3 is 1. The standard InChI is InChI=1S/C11H16N2O2S/c1-15-11(14)8-4-3-5-9(10(8)12)13-6-7-16-2/h3-5,13H,6-7,12H2,1-2H3. The first-order valence-corrected chi connectivity index (χ1v) is 6.29. The Labute approximate surface area is 99.5 Å². The Morgan fingerprint density at radius 2 is 2.31 bits per heavy atom. The van der Waals surface area contributed by atoms with E-state index in [1.807, 2.05) is 12.3 Å². The van der Waals surface area contributed by atoms with E-state index in [2.05, 4.69) is 10.1 Å². The summed E-state index contributed by atoms with van der Waals surface area (Å²) in [5, 5.41) is 3.18. The van der Waals surface area contributed by atoms with Crippen LogP contribution >= 0.6 is 11.8 Å². The highest BCUT2D eigenvalue weighted by molar-refractivity contribution is 7.98. The molecule has 16 heavy (non-hydrogen) atoms. The van der Waals surface area contributed by atoms with E-state index >= 15 is 0 Å². The summed E-state index contributed by atoms with van der Waals surface area (Å²) in [4.78, 5) is 11.4. The van der Waals surface area contributed by atoms with Crippen molar-refractivity contribution in [2.45, 2.75) is 0 Å². The Balaban J connectivity index is 2.82. The number of hydrogen-bond acceptors (Lipinski definition) is 5. The first kappa shape index (κ1) is 12.7. The molecule has 1 aromatic carbocycles. The predicted molar refractivity (Wildman–Crippen MR) is 69.1 cm³/mol. The third-order valence-corrected chi connectivity index (χ3v) is 2.75. The fraction of sp³-hybridized carbons (Fsp3) is 0.364. The van der Waals surface area contributed by atoms with Crippen LogP contribution in [-0.4, -0.2) is 31.6 Å². The van der Waals surface area contributed by atoms with E-state index in [0.29, 0.717) is 11.3 Å². The van der Waals surface area contributed by atoms with Gasteiger partial charge in [0.05, 0.1) is 24.0 Å². The molecule has 5 heteroatoms. The van der Waals surface area contributed by atoms with Crippen LogP contribution in [0, 0.1) is 0 Å². The van der Waals surface area contributed by atoms with Gasteiger partial charge < -0.3 is 15.8 Å². The number of esters is 1. The monoisotopic (exact) mass is 240 g/mol. The van der Waals surface area contributed by atoms with Crippen LogP contribution in [-0.2, 0) is 4.74 Å². The maximum Gasteiger partial charge on any atom is 0.340 e. The highest BCUT2D eigenvalue weighted by atomic mass is 32.2. The third kappa shape index (κ3) is 3.06. The molecule has 1 aromatic rings. The lowest BCUT2D eigenvalue weighted by atomic mass is 10.1. The summed E-state index contributed by atoms with van der Waals surface area (Å²) in [5.41, 5.74) is 7.49. The Kier molecular flexibility index (Phi) is 4.98. The molecule has 0 unspecified atom stereocenters. The molecule has 0 heterocycles. The second kappa shape index (κ2) is 6.27. The van der Waals surface area contributed by atoms with Crippen LogP contribution in [0.2, 0.25) is 0 Å². The zero-order valence-corrected chi connectivity index (χ0v) is 10.3. The van der Waals surface area contributed by atoms with Crippen LogP contribution < -0.4 is 11.1 Å². The van der Waals surface area contributed by atoms with E-state index < -0.39 is 5.97 Å². The van der Waals surface area contributed by atoms with Gasteiger partial charge in [-0.15, -0.1) is 0 Å². The minimum atomic E-state index is -0.411. The minimum absolute atomic E-state index is 0.400.